The van der Waals surface area contributed by atoms with E-state index in [0.717, 1.165) is 22.9 Å². The molecule has 0 aromatic carbocycles. The van der Waals surface area contributed by atoms with Crippen LogP contribution >= 0.6 is 0 Å². The van der Waals surface area contributed by atoms with Crippen molar-refractivity contribution in [1.82, 2.24) is 25.1 Å². The summed E-state index contributed by atoms with van der Waals surface area (Å²) in [5, 5.41) is 7.54. The zero-order valence-electron chi connectivity index (χ0n) is 10.7. The molecule has 0 radical (unpaired) electrons. The largest absolute Gasteiger partial charge is 0.314 e. The van der Waals surface area contributed by atoms with Gasteiger partial charge in [0, 0.05) is 18.4 Å². The van der Waals surface area contributed by atoms with Crippen LogP contribution in [0.1, 0.15) is 22.6 Å². The van der Waals surface area contributed by atoms with Crippen LogP contribution in [-0.2, 0) is 6.54 Å². The molecule has 0 fully saturated rings. The molecule has 0 aliphatic rings. The smallest absolute Gasteiger partial charge is 0.172 e. The van der Waals surface area contributed by atoms with Crippen LogP contribution < -0.4 is 5.32 Å². The minimum Gasteiger partial charge on any atom is -0.314 e. The summed E-state index contributed by atoms with van der Waals surface area (Å²) < 4.78 is 1.84. The summed E-state index contributed by atoms with van der Waals surface area (Å²) in [6.45, 7) is 6.82. The van der Waals surface area contributed by atoms with Crippen LogP contribution in [0.3, 0.4) is 0 Å². The molecule has 17 heavy (non-hydrogen) atoms. The highest BCUT2D eigenvalue weighted by atomic mass is 15.3. The third-order valence-electron chi connectivity index (χ3n) is 2.90. The molecule has 90 valence electrons. The number of hydrogen-bond donors (Lipinski definition) is 1. The Balaban J connectivity index is 2.45. The van der Waals surface area contributed by atoms with Crippen molar-refractivity contribution in [1.29, 1.82) is 0 Å². The molecule has 0 spiro atoms. The van der Waals surface area contributed by atoms with Crippen molar-refractivity contribution in [3.63, 3.8) is 0 Å². The SMILES string of the molecule is CNCc1cncc(-n2nc(C)c(C)c2C)n1. The molecule has 0 aliphatic heterocycles. The van der Waals surface area contributed by atoms with Gasteiger partial charge in [0.15, 0.2) is 5.82 Å². The van der Waals surface area contributed by atoms with Gasteiger partial charge in [0.05, 0.1) is 17.6 Å². The minimum absolute atomic E-state index is 0.707. The van der Waals surface area contributed by atoms with Gasteiger partial charge in [0.1, 0.15) is 0 Å². The van der Waals surface area contributed by atoms with Crippen LogP contribution in [-0.4, -0.2) is 26.8 Å². The van der Waals surface area contributed by atoms with Gasteiger partial charge in [-0.2, -0.15) is 5.10 Å². The van der Waals surface area contributed by atoms with Crippen LogP contribution in [0.25, 0.3) is 5.82 Å². The zero-order valence-corrected chi connectivity index (χ0v) is 10.7. The fraction of sp³-hybridized carbons (Fsp3) is 0.417. The van der Waals surface area contributed by atoms with Crippen molar-refractivity contribution in [3.8, 4) is 5.82 Å². The van der Waals surface area contributed by atoms with Crippen molar-refractivity contribution in [3.05, 3.63) is 35.0 Å². The first-order valence-corrected chi connectivity index (χ1v) is 5.62. The number of aryl methyl sites for hydroxylation is 1. The number of hydrogen-bond acceptors (Lipinski definition) is 4. The fourth-order valence-corrected chi connectivity index (χ4v) is 1.71. The average molecular weight is 231 g/mol. The third kappa shape index (κ3) is 2.19. The average Bonchev–Trinajstić information content (AvgIpc) is 2.58. The van der Waals surface area contributed by atoms with E-state index >= 15 is 0 Å². The fourth-order valence-electron chi connectivity index (χ4n) is 1.71. The first-order chi connectivity index (χ1) is 8.13. The Morgan fingerprint density at radius 1 is 1.24 bits per heavy atom. The molecule has 5 heteroatoms. The molecule has 1 N–H and O–H groups in total. The van der Waals surface area contributed by atoms with Gasteiger partial charge < -0.3 is 5.32 Å². The van der Waals surface area contributed by atoms with E-state index in [1.54, 1.807) is 12.4 Å². The number of nitrogens with one attached hydrogen (secondary N) is 1. The number of aromatic nitrogens is 4. The molecular formula is C12H17N5. The predicted molar refractivity (Wildman–Crippen MR) is 66.1 cm³/mol. The number of nitrogens with zero attached hydrogens (tertiary/aromatic N) is 4. The Morgan fingerprint density at radius 3 is 2.59 bits per heavy atom. The van der Waals surface area contributed by atoms with Crippen LogP contribution in [0.2, 0.25) is 0 Å². The van der Waals surface area contributed by atoms with Gasteiger partial charge in [-0.05, 0) is 33.4 Å². The van der Waals surface area contributed by atoms with Crippen molar-refractivity contribution in [2.24, 2.45) is 0 Å². The number of rotatable bonds is 3. The standard InChI is InChI=1S/C12H17N5/c1-8-9(2)16-17(10(8)3)12-7-14-6-11(15-12)5-13-4/h6-7,13H,5H2,1-4H3. The van der Waals surface area contributed by atoms with E-state index in [4.69, 9.17) is 0 Å². The summed E-state index contributed by atoms with van der Waals surface area (Å²) in [6.07, 6.45) is 3.50. The Labute approximate surface area is 101 Å². The topological polar surface area (TPSA) is 55.6 Å². The van der Waals surface area contributed by atoms with E-state index in [2.05, 4.69) is 27.3 Å². The summed E-state index contributed by atoms with van der Waals surface area (Å²) in [4.78, 5) is 8.72. The molecule has 0 saturated heterocycles. The van der Waals surface area contributed by atoms with Gasteiger partial charge >= 0.3 is 0 Å². The first-order valence-electron chi connectivity index (χ1n) is 5.62. The molecule has 0 bridgehead atoms. The summed E-state index contributed by atoms with van der Waals surface area (Å²) in [5.74, 6) is 0.770. The first kappa shape index (κ1) is 11.7. The summed E-state index contributed by atoms with van der Waals surface area (Å²) in [6, 6.07) is 0. The van der Waals surface area contributed by atoms with Gasteiger partial charge in [-0.3, -0.25) is 4.98 Å². The molecule has 0 atom stereocenters. The maximum atomic E-state index is 4.52. The summed E-state index contributed by atoms with van der Waals surface area (Å²) in [7, 11) is 1.89. The molecule has 2 rings (SSSR count). The Bertz CT molecular complexity index is 530. The van der Waals surface area contributed by atoms with Crippen molar-refractivity contribution >= 4 is 0 Å². The Morgan fingerprint density at radius 2 is 2.00 bits per heavy atom. The van der Waals surface area contributed by atoms with Gasteiger partial charge in [0.2, 0.25) is 0 Å². The molecule has 0 unspecified atom stereocenters. The van der Waals surface area contributed by atoms with Crippen molar-refractivity contribution < 1.29 is 0 Å². The molecule has 2 aromatic rings. The lowest BCUT2D eigenvalue weighted by molar-refractivity contribution is 0.748. The predicted octanol–water partition coefficient (Wildman–Crippen LogP) is 1.31. The van der Waals surface area contributed by atoms with Crippen molar-refractivity contribution in [2.45, 2.75) is 27.3 Å². The van der Waals surface area contributed by atoms with Gasteiger partial charge in [0.25, 0.3) is 0 Å². The maximum absolute atomic E-state index is 4.52. The lowest BCUT2D eigenvalue weighted by Gasteiger charge is -2.05. The highest BCUT2D eigenvalue weighted by Crippen LogP contribution is 2.14. The molecule has 0 aliphatic carbocycles. The maximum Gasteiger partial charge on any atom is 0.172 e. The van der Waals surface area contributed by atoms with Crippen LogP contribution in [0.15, 0.2) is 12.4 Å². The molecule has 2 aromatic heterocycles. The van der Waals surface area contributed by atoms with Crippen LogP contribution in [0, 0.1) is 20.8 Å². The van der Waals surface area contributed by atoms with E-state index in [1.807, 2.05) is 25.6 Å². The lowest BCUT2D eigenvalue weighted by atomic mass is 10.2. The quantitative estimate of drug-likeness (QED) is 0.865. The molecule has 5 nitrogen and oxygen atoms in total. The molecule has 0 saturated carbocycles. The lowest BCUT2D eigenvalue weighted by Crippen LogP contribution is -2.10. The summed E-state index contributed by atoms with van der Waals surface area (Å²) >= 11 is 0. The van der Waals surface area contributed by atoms with Gasteiger partial charge in [-0.25, -0.2) is 9.67 Å². The van der Waals surface area contributed by atoms with Crippen LogP contribution in [0.5, 0.6) is 0 Å². The van der Waals surface area contributed by atoms with E-state index in [-0.39, 0.29) is 0 Å². The molecule has 0 amide bonds. The van der Waals surface area contributed by atoms with E-state index in [0.29, 0.717) is 6.54 Å². The van der Waals surface area contributed by atoms with Gasteiger partial charge in [-0.1, -0.05) is 0 Å². The van der Waals surface area contributed by atoms with E-state index in [9.17, 15) is 0 Å². The third-order valence-corrected chi connectivity index (χ3v) is 2.90. The monoisotopic (exact) mass is 231 g/mol. The summed E-state index contributed by atoms with van der Waals surface area (Å²) in [5.41, 5.74) is 4.25. The highest BCUT2D eigenvalue weighted by Gasteiger charge is 2.10. The Kier molecular flexibility index (Phi) is 3.19. The van der Waals surface area contributed by atoms with E-state index < -0.39 is 0 Å². The highest BCUT2D eigenvalue weighted by molar-refractivity contribution is 5.30. The zero-order chi connectivity index (χ0) is 12.4. The van der Waals surface area contributed by atoms with Gasteiger partial charge in [-0.15, -0.1) is 0 Å². The minimum atomic E-state index is 0.707. The molecular weight excluding hydrogens is 214 g/mol. The second kappa shape index (κ2) is 4.63. The normalized spacial score (nSPS) is 10.8. The molecule has 2 heterocycles. The second-order valence-corrected chi connectivity index (χ2v) is 4.11. The van der Waals surface area contributed by atoms with Crippen LogP contribution in [0.4, 0.5) is 0 Å². The van der Waals surface area contributed by atoms with Crippen molar-refractivity contribution in [2.75, 3.05) is 7.05 Å². The Hall–Kier alpha value is -1.75. The second-order valence-electron chi connectivity index (χ2n) is 4.11. The van der Waals surface area contributed by atoms with E-state index in [1.165, 1.54) is 5.56 Å².